The van der Waals surface area contributed by atoms with Gasteiger partial charge < -0.3 is 4.79 Å². The van der Waals surface area contributed by atoms with Crippen molar-refractivity contribution in [2.24, 2.45) is 0 Å². The van der Waals surface area contributed by atoms with Crippen molar-refractivity contribution in [2.75, 3.05) is 0 Å². The Morgan fingerprint density at radius 1 is 0.950 bits per heavy atom. The molecule has 2 aromatic carbocycles. The van der Waals surface area contributed by atoms with Gasteiger partial charge >= 0.3 is 0 Å². The molecule has 0 radical (unpaired) electrons. The third kappa shape index (κ3) is 2.80. The van der Waals surface area contributed by atoms with Gasteiger partial charge in [-0.05, 0) is 31.5 Å². The predicted molar refractivity (Wildman–Crippen MR) is 78.3 cm³/mol. The Kier molecular flexibility index (Phi) is 4.04. The number of rotatable bonds is 4. The average Bonchev–Trinajstić information content (AvgIpc) is 2.40. The molecule has 0 aliphatic carbocycles. The zero-order chi connectivity index (χ0) is 14.8. The second-order valence-electron chi connectivity index (χ2n) is 4.83. The summed E-state index contributed by atoms with van der Waals surface area (Å²) in [6.07, 6.45) is 0.490. The Morgan fingerprint density at radius 2 is 1.60 bits per heavy atom. The maximum atomic E-state index is 12.6. The molecule has 0 bridgehead atoms. The van der Waals surface area contributed by atoms with Crippen molar-refractivity contribution in [3.63, 3.8) is 0 Å². The topological polar surface area (TPSA) is 51.2 Å². The van der Waals surface area contributed by atoms with Gasteiger partial charge in [0.25, 0.3) is 0 Å². The number of benzene rings is 2. The van der Waals surface area contributed by atoms with E-state index >= 15 is 0 Å². The first kappa shape index (κ1) is 14.5. The summed E-state index contributed by atoms with van der Waals surface area (Å²) in [6, 6.07) is 13.5. The number of hydrogen-bond donors (Lipinski definition) is 0. The lowest BCUT2D eigenvalue weighted by Gasteiger charge is -2.13. The van der Waals surface area contributed by atoms with E-state index in [2.05, 4.69) is 0 Å². The van der Waals surface area contributed by atoms with Gasteiger partial charge in [-0.1, -0.05) is 47.5 Å². The molecular weight excluding hydrogens is 272 g/mol. The van der Waals surface area contributed by atoms with Crippen molar-refractivity contribution in [3.05, 3.63) is 65.2 Å². The fourth-order valence-electron chi connectivity index (χ4n) is 2.05. The van der Waals surface area contributed by atoms with Gasteiger partial charge in [-0.25, -0.2) is 8.42 Å². The molecule has 0 aliphatic rings. The van der Waals surface area contributed by atoms with E-state index in [-0.39, 0.29) is 4.90 Å². The number of carbonyl (C=O) groups excluding carboxylic acids is 1. The van der Waals surface area contributed by atoms with Crippen LogP contribution >= 0.6 is 0 Å². The third-order valence-electron chi connectivity index (χ3n) is 3.18. The molecule has 1 unspecified atom stereocenters. The van der Waals surface area contributed by atoms with Crippen molar-refractivity contribution < 1.29 is 13.2 Å². The van der Waals surface area contributed by atoms with Crippen LogP contribution in [0.3, 0.4) is 0 Å². The molecule has 0 spiro atoms. The first-order valence-electron chi connectivity index (χ1n) is 6.27. The van der Waals surface area contributed by atoms with Crippen LogP contribution in [0.1, 0.15) is 21.9 Å². The standard InChI is InChI=1S/C16H16O3S/c1-12-6-8-15(9-7-12)20(18,19)16(11-17)14-5-3-4-13(2)10-14/h3-11,16H,1-2H3. The molecule has 0 heterocycles. The summed E-state index contributed by atoms with van der Waals surface area (Å²) in [7, 11) is -3.71. The molecule has 0 fully saturated rings. The van der Waals surface area contributed by atoms with E-state index in [0.717, 1.165) is 11.1 Å². The minimum Gasteiger partial charge on any atom is -0.302 e. The first-order valence-corrected chi connectivity index (χ1v) is 7.82. The monoisotopic (exact) mass is 288 g/mol. The number of carbonyl (C=O) groups is 1. The van der Waals surface area contributed by atoms with Gasteiger partial charge in [0.2, 0.25) is 0 Å². The second-order valence-corrected chi connectivity index (χ2v) is 6.90. The minimum atomic E-state index is -3.71. The Labute approximate surface area is 119 Å². The number of aldehydes is 1. The number of aryl methyl sites for hydroxylation is 2. The van der Waals surface area contributed by atoms with Gasteiger partial charge in [0, 0.05) is 0 Å². The molecule has 0 amide bonds. The molecule has 1 atom stereocenters. The van der Waals surface area contributed by atoms with E-state index in [0.29, 0.717) is 11.8 Å². The second kappa shape index (κ2) is 5.59. The summed E-state index contributed by atoms with van der Waals surface area (Å²) in [4.78, 5) is 11.5. The van der Waals surface area contributed by atoms with Gasteiger partial charge in [0.05, 0.1) is 4.90 Å². The highest BCUT2D eigenvalue weighted by Gasteiger charge is 2.28. The Hall–Kier alpha value is -1.94. The highest BCUT2D eigenvalue weighted by molar-refractivity contribution is 7.92. The molecule has 0 aromatic heterocycles. The highest BCUT2D eigenvalue weighted by Crippen LogP contribution is 2.27. The molecule has 0 saturated carbocycles. The molecule has 3 nitrogen and oxygen atoms in total. The maximum absolute atomic E-state index is 12.6. The van der Waals surface area contributed by atoms with Crippen LogP contribution in [0.5, 0.6) is 0 Å². The van der Waals surface area contributed by atoms with Crippen molar-refractivity contribution >= 4 is 16.1 Å². The average molecular weight is 288 g/mol. The van der Waals surface area contributed by atoms with E-state index in [1.54, 1.807) is 30.3 Å². The third-order valence-corrected chi connectivity index (χ3v) is 5.16. The first-order chi connectivity index (χ1) is 9.45. The Morgan fingerprint density at radius 3 is 2.15 bits per heavy atom. The lowest BCUT2D eigenvalue weighted by molar-refractivity contribution is -0.107. The summed E-state index contributed by atoms with van der Waals surface area (Å²) in [5.74, 6) is 0. The quantitative estimate of drug-likeness (QED) is 0.813. The van der Waals surface area contributed by atoms with Crippen LogP contribution in [0.2, 0.25) is 0 Å². The van der Waals surface area contributed by atoms with Crippen molar-refractivity contribution in [3.8, 4) is 0 Å². The molecule has 20 heavy (non-hydrogen) atoms. The largest absolute Gasteiger partial charge is 0.302 e. The molecule has 4 heteroatoms. The van der Waals surface area contributed by atoms with Crippen LogP contribution < -0.4 is 0 Å². The lowest BCUT2D eigenvalue weighted by atomic mass is 10.1. The summed E-state index contributed by atoms with van der Waals surface area (Å²) in [6.45, 7) is 3.75. The van der Waals surface area contributed by atoms with Gasteiger partial charge in [0.15, 0.2) is 9.84 Å². The van der Waals surface area contributed by atoms with E-state index in [4.69, 9.17) is 0 Å². The fraction of sp³-hybridized carbons (Fsp3) is 0.188. The van der Waals surface area contributed by atoms with Crippen LogP contribution in [0, 0.1) is 13.8 Å². The highest BCUT2D eigenvalue weighted by atomic mass is 32.2. The molecule has 2 aromatic rings. The number of hydrogen-bond acceptors (Lipinski definition) is 3. The summed E-state index contributed by atoms with van der Waals surface area (Å²) in [5.41, 5.74) is 2.40. The molecule has 0 saturated heterocycles. The summed E-state index contributed by atoms with van der Waals surface area (Å²) < 4.78 is 25.1. The van der Waals surface area contributed by atoms with Crippen molar-refractivity contribution in [1.29, 1.82) is 0 Å². The van der Waals surface area contributed by atoms with E-state index in [1.807, 2.05) is 19.9 Å². The molecule has 2 rings (SSSR count). The van der Waals surface area contributed by atoms with Gasteiger partial charge in [-0.15, -0.1) is 0 Å². The van der Waals surface area contributed by atoms with Gasteiger partial charge in [0.1, 0.15) is 11.5 Å². The minimum absolute atomic E-state index is 0.168. The predicted octanol–water partition coefficient (Wildman–Crippen LogP) is 3.02. The zero-order valence-electron chi connectivity index (χ0n) is 11.4. The molecule has 0 aliphatic heterocycles. The zero-order valence-corrected chi connectivity index (χ0v) is 12.2. The van der Waals surface area contributed by atoms with E-state index in [1.165, 1.54) is 12.1 Å². The fourth-order valence-corrected chi connectivity index (χ4v) is 3.51. The van der Waals surface area contributed by atoms with Crippen LogP contribution in [0.25, 0.3) is 0 Å². The van der Waals surface area contributed by atoms with Gasteiger partial charge in [-0.3, -0.25) is 0 Å². The SMILES string of the molecule is Cc1ccc(S(=O)(=O)C(C=O)c2cccc(C)c2)cc1. The number of sulfone groups is 1. The smallest absolute Gasteiger partial charge is 0.192 e. The van der Waals surface area contributed by atoms with Crippen molar-refractivity contribution in [2.45, 2.75) is 24.0 Å². The lowest BCUT2D eigenvalue weighted by Crippen LogP contribution is -2.15. The van der Waals surface area contributed by atoms with E-state index < -0.39 is 15.1 Å². The normalized spacial score (nSPS) is 12.9. The molecule has 104 valence electrons. The van der Waals surface area contributed by atoms with Crippen LogP contribution in [0.4, 0.5) is 0 Å². The summed E-state index contributed by atoms with van der Waals surface area (Å²) >= 11 is 0. The Bertz CT molecular complexity index is 716. The Balaban J connectivity index is 2.50. The molecular formula is C16H16O3S. The molecule has 0 N–H and O–H groups in total. The van der Waals surface area contributed by atoms with Crippen LogP contribution in [-0.2, 0) is 14.6 Å². The van der Waals surface area contributed by atoms with E-state index in [9.17, 15) is 13.2 Å². The van der Waals surface area contributed by atoms with Crippen LogP contribution in [-0.4, -0.2) is 14.7 Å². The maximum Gasteiger partial charge on any atom is 0.192 e. The van der Waals surface area contributed by atoms with Gasteiger partial charge in [-0.2, -0.15) is 0 Å². The van der Waals surface area contributed by atoms with Crippen LogP contribution in [0.15, 0.2) is 53.4 Å². The van der Waals surface area contributed by atoms with Crippen molar-refractivity contribution in [1.82, 2.24) is 0 Å². The summed E-state index contributed by atoms with van der Waals surface area (Å²) in [5, 5.41) is -1.16.